The van der Waals surface area contributed by atoms with E-state index in [9.17, 15) is 0 Å². The van der Waals surface area contributed by atoms with Gasteiger partial charge < -0.3 is 10.5 Å². The topological polar surface area (TPSA) is 48.1 Å². The molecule has 1 aromatic carbocycles. The van der Waals surface area contributed by atoms with E-state index >= 15 is 0 Å². The van der Waals surface area contributed by atoms with Crippen LogP contribution in [0.15, 0.2) is 18.2 Å². The highest BCUT2D eigenvalue weighted by atomic mass is 32.1. The average molecular weight is 278 g/mol. The summed E-state index contributed by atoms with van der Waals surface area (Å²) in [5.74, 6) is 0.951. The van der Waals surface area contributed by atoms with E-state index in [1.54, 1.807) is 11.3 Å². The van der Waals surface area contributed by atoms with Gasteiger partial charge in [0.05, 0.1) is 21.8 Å². The van der Waals surface area contributed by atoms with Crippen LogP contribution in [0.2, 0.25) is 0 Å². The largest absolute Gasteiger partial charge is 0.494 e. The fourth-order valence-electron chi connectivity index (χ4n) is 1.99. The van der Waals surface area contributed by atoms with E-state index in [-0.39, 0.29) is 0 Å². The Morgan fingerprint density at radius 2 is 2.16 bits per heavy atom. The lowest BCUT2D eigenvalue weighted by molar-refractivity contribution is 0.305. The minimum Gasteiger partial charge on any atom is -0.494 e. The number of benzene rings is 1. The first-order valence-corrected chi connectivity index (χ1v) is 7.87. The molecular formula is C15H22N2OS. The molecule has 0 spiro atoms. The van der Waals surface area contributed by atoms with Crippen molar-refractivity contribution in [3.63, 3.8) is 0 Å². The van der Waals surface area contributed by atoms with E-state index in [0.29, 0.717) is 6.54 Å². The van der Waals surface area contributed by atoms with Crippen molar-refractivity contribution in [2.45, 2.75) is 39.0 Å². The van der Waals surface area contributed by atoms with Gasteiger partial charge in [-0.3, -0.25) is 0 Å². The van der Waals surface area contributed by atoms with Crippen LogP contribution in [0, 0.1) is 0 Å². The third-order valence-electron chi connectivity index (χ3n) is 3.03. The Kier molecular flexibility index (Phi) is 5.61. The second-order valence-electron chi connectivity index (χ2n) is 4.68. The fourth-order valence-corrected chi connectivity index (χ4v) is 3.00. The maximum absolute atomic E-state index is 5.78. The summed E-state index contributed by atoms with van der Waals surface area (Å²) >= 11 is 1.71. The quantitative estimate of drug-likeness (QED) is 0.748. The van der Waals surface area contributed by atoms with Gasteiger partial charge in [0.1, 0.15) is 5.75 Å². The monoisotopic (exact) mass is 278 g/mol. The van der Waals surface area contributed by atoms with Crippen LogP contribution in [0.4, 0.5) is 0 Å². The first kappa shape index (κ1) is 14.3. The van der Waals surface area contributed by atoms with E-state index in [1.165, 1.54) is 24.0 Å². The molecule has 1 heterocycles. The van der Waals surface area contributed by atoms with Crippen LogP contribution >= 0.6 is 11.3 Å². The minimum absolute atomic E-state index is 0.653. The van der Waals surface area contributed by atoms with Gasteiger partial charge >= 0.3 is 0 Å². The first-order valence-electron chi connectivity index (χ1n) is 7.06. The van der Waals surface area contributed by atoms with Crippen molar-refractivity contribution in [2.75, 3.05) is 13.2 Å². The van der Waals surface area contributed by atoms with Crippen LogP contribution in [0.25, 0.3) is 10.2 Å². The van der Waals surface area contributed by atoms with Gasteiger partial charge in [-0.15, -0.1) is 11.3 Å². The normalized spacial score (nSPS) is 11.1. The molecule has 19 heavy (non-hydrogen) atoms. The van der Waals surface area contributed by atoms with Crippen LogP contribution < -0.4 is 10.5 Å². The maximum atomic E-state index is 5.78. The van der Waals surface area contributed by atoms with E-state index in [2.05, 4.69) is 18.0 Å². The number of thiazole rings is 1. The summed E-state index contributed by atoms with van der Waals surface area (Å²) in [6.07, 6.45) is 5.79. The smallest absolute Gasteiger partial charge is 0.120 e. The van der Waals surface area contributed by atoms with Gasteiger partial charge in [-0.1, -0.05) is 26.2 Å². The Labute approximate surface area is 118 Å². The van der Waals surface area contributed by atoms with Crippen LogP contribution in [0.3, 0.4) is 0 Å². The molecule has 2 aromatic rings. The minimum atomic E-state index is 0.653. The SMILES string of the molecule is CCCCCCOc1ccc2nc(CCN)sc2c1. The Morgan fingerprint density at radius 1 is 1.26 bits per heavy atom. The Balaban J connectivity index is 1.92. The zero-order valence-electron chi connectivity index (χ0n) is 11.5. The van der Waals surface area contributed by atoms with Crippen molar-refractivity contribution in [3.8, 4) is 5.75 Å². The third-order valence-corrected chi connectivity index (χ3v) is 4.11. The number of hydrogen-bond donors (Lipinski definition) is 1. The highest BCUT2D eigenvalue weighted by Crippen LogP contribution is 2.26. The van der Waals surface area contributed by atoms with Crippen LogP contribution in [-0.4, -0.2) is 18.1 Å². The summed E-state index contributed by atoms with van der Waals surface area (Å²) in [4.78, 5) is 4.55. The Morgan fingerprint density at radius 3 is 2.95 bits per heavy atom. The molecule has 4 heteroatoms. The maximum Gasteiger partial charge on any atom is 0.120 e. The molecule has 0 atom stereocenters. The number of nitrogens with two attached hydrogens (primary N) is 1. The zero-order valence-corrected chi connectivity index (χ0v) is 12.3. The van der Waals surface area contributed by atoms with Crippen LogP contribution in [0.1, 0.15) is 37.6 Å². The van der Waals surface area contributed by atoms with Crippen molar-refractivity contribution >= 4 is 21.6 Å². The van der Waals surface area contributed by atoms with E-state index in [4.69, 9.17) is 10.5 Å². The summed E-state index contributed by atoms with van der Waals surface area (Å²) in [5.41, 5.74) is 6.61. The molecule has 0 unspecified atom stereocenters. The Bertz CT molecular complexity index is 510. The molecule has 0 aliphatic carbocycles. The lowest BCUT2D eigenvalue weighted by atomic mass is 10.2. The fraction of sp³-hybridized carbons (Fsp3) is 0.533. The molecule has 0 fully saturated rings. The van der Waals surface area contributed by atoms with E-state index < -0.39 is 0 Å². The highest BCUT2D eigenvalue weighted by Gasteiger charge is 2.04. The van der Waals surface area contributed by atoms with E-state index in [1.807, 2.05) is 12.1 Å². The number of ether oxygens (including phenoxy) is 1. The predicted octanol–water partition coefficient (Wildman–Crippen LogP) is 3.76. The van der Waals surface area contributed by atoms with Crippen molar-refractivity contribution in [1.29, 1.82) is 0 Å². The molecule has 0 saturated carbocycles. The molecule has 0 bridgehead atoms. The number of fused-ring (bicyclic) bond motifs is 1. The highest BCUT2D eigenvalue weighted by molar-refractivity contribution is 7.18. The summed E-state index contributed by atoms with van der Waals surface area (Å²) < 4.78 is 6.97. The molecule has 3 nitrogen and oxygen atoms in total. The molecule has 0 radical (unpaired) electrons. The van der Waals surface area contributed by atoms with Crippen molar-refractivity contribution < 1.29 is 4.74 Å². The molecule has 0 amide bonds. The summed E-state index contributed by atoms with van der Waals surface area (Å²) in [7, 11) is 0. The van der Waals surface area contributed by atoms with Crippen LogP contribution in [-0.2, 0) is 6.42 Å². The summed E-state index contributed by atoms with van der Waals surface area (Å²) in [6.45, 7) is 3.68. The second-order valence-corrected chi connectivity index (χ2v) is 5.80. The molecule has 104 valence electrons. The molecule has 2 N–H and O–H groups in total. The van der Waals surface area contributed by atoms with E-state index in [0.717, 1.165) is 35.7 Å². The lowest BCUT2D eigenvalue weighted by Crippen LogP contribution is -2.01. The summed E-state index contributed by atoms with van der Waals surface area (Å²) in [5, 5.41) is 1.11. The van der Waals surface area contributed by atoms with Crippen molar-refractivity contribution in [3.05, 3.63) is 23.2 Å². The molecule has 1 aromatic heterocycles. The van der Waals surface area contributed by atoms with Crippen molar-refractivity contribution in [2.24, 2.45) is 5.73 Å². The Hall–Kier alpha value is -1.13. The van der Waals surface area contributed by atoms with Gasteiger partial charge in [0, 0.05) is 6.42 Å². The first-order chi connectivity index (χ1) is 9.33. The van der Waals surface area contributed by atoms with Gasteiger partial charge in [0.25, 0.3) is 0 Å². The van der Waals surface area contributed by atoms with Gasteiger partial charge in [-0.05, 0) is 31.2 Å². The number of rotatable bonds is 8. The average Bonchev–Trinajstić information content (AvgIpc) is 2.80. The van der Waals surface area contributed by atoms with Gasteiger partial charge in [-0.25, -0.2) is 4.98 Å². The molecule has 0 aliphatic rings. The zero-order chi connectivity index (χ0) is 13.5. The molecule has 2 rings (SSSR count). The van der Waals surface area contributed by atoms with Gasteiger partial charge in [-0.2, -0.15) is 0 Å². The lowest BCUT2D eigenvalue weighted by Gasteiger charge is -2.05. The molecule has 0 saturated heterocycles. The standard InChI is InChI=1S/C15H22N2OS/c1-2-3-4-5-10-18-12-6-7-13-14(11-12)19-15(17-13)8-9-16/h6-7,11H,2-5,8-10,16H2,1H3. The number of unbranched alkanes of at least 4 members (excludes halogenated alkanes) is 3. The predicted molar refractivity (Wildman–Crippen MR) is 82.0 cm³/mol. The molecule has 0 aliphatic heterocycles. The number of hydrogen-bond acceptors (Lipinski definition) is 4. The number of nitrogens with zero attached hydrogens (tertiary/aromatic N) is 1. The van der Waals surface area contributed by atoms with Crippen LogP contribution in [0.5, 0.6) is 5.75 Å². The van der Waals surface area contributed by atoms with Crippen molar-refractivity contribution in [1.82, 2.24) is 4.98 Å². The second kappa shape index (κ2) is 7.46. The summed E-state index contributed by atoms with van der Waals surface area (Å²) in [6, 6.07) is 6.13. The van der Waals surface area contributed by atoms with Gasteiger partial charge in [0.15, 0.2) is 0 Å². The molecular weight excluding hydrogens is 256 g/mol. The number of aromatic nitrogens is 1. The van der Waals surface area contributed by atoms with Gasteiger partial charge in [0.2, 0.25) is 0 Å². The third kappa shape index (κ3) is 4.18.